The Hall–Kier alpha value is -1.76. The maximum absolute atomic E-state index is 4.91. The Bertz CT molecular complexity index is 354. The standard InChI is InChI=1S/C7H8O.C7H8.2C2H6/c1-8-7-5-3-2-4-6-7;1-7-5-3-2-4-6-7;2*1-2/h2-6H,1H3;2-6H,1H3;2*1-2H3. The molecule has 0 spiro atoms. The minimum Gasteiger partial charge on any atom is -0.497 e. The van der Waals surface area contributed by atoms with E-state index >= 15 is 0 Å². The van der Waals surface area contributed by atoms with Crippen LogP contribution < -0.4 is 4.74 Å². The Morgan fingerprint density at radius 3 is 1.21 bits per heavy atom. The van der Waals surface area contributed by atoms with Gasteiger partial charge in [-0.05, 0) is 19.1 Å². The minimum absolute atomic E-state index is 0.910. The van der Waals surface area contributed by atoms with Gasteiger partial charge in [0.05, 0.1) is 7.11 Å². The molecule has 0 heterocycles. The summed E-state index contributed by atoms with van der Waals surface area (Å²) < 4.78 is 4.91. The van der Waals surface area contributed by atoms with Gasteiger partial charge in [-0.1, -0.05) is 81.8 Å². The highest BCUT2D eigenvalue weighted by atomic mass is 16.5. The summed E-state index contributed by atoms with van der Waals surface area (Å²) >= 11 is 0. The number of hydrogen-bond donors (Lipinski definition) is 0. The molecule has 0 unspecified atom stereocenters. The van der Waals surface area contributed by atoms with Crippen molar-refractivity contribution < 1.29 is 4.74 Å². The third-order valence-electron chi connectivity index (χ3n) is 1.92. The Morgan fingerprint density at radius 1 is 0.632 bits per heavy atom. The van der Waals surface area contributed by atoms with Crippen LogP contribution in [0.15, 0.2) is 60.7 Å². The highest BCUT2D eigenvalue weighted by Gasteiger charge is 1.80. The van der Waals surface area contributed by atoms with Crippen LogP contribution in [-0.4, -0.2) is 7.11 Å². The Kier molecular flexibility index (Phi) is 16.7. The topological polar surface area (TPSA) is 9.23 Å². The third kappa shape index (κ3) is 12.5. The van der Waals surface area contributed by atoms with E-state index in [9.17, 15) is 0 Å². The number of ether oxygens (including phenoxy) is 1. The van der Waals surface area contributed by atoms with Crippen LogP contribution in [0.2, 0.25) is 0 Å². The van der Waals surface area contributed by atoms with Crippen molar-refractivity contribution in [3.63, 3.8) is 0 Å². The van der Waals surface area contributed by atoms with Crippen molar-refractivity contribution in [2.24, 2.45) is 0 Å². The van der Waals surface area contributed by atoms with Crippen molar-refractivity contribution in [3.8, 4) is 5.75 Å². The molecule has 0 aliphatic heterocycles. The number of hydrogen-bond acceptors (Lipinski definition) is 1. The molecule has 0 aliphatic carbocycles. The Morgan fingerprint density at radius 2 is 1.00 bits per heavy atom. The maximum Gasteiger partial charge on any atom is 0.118 e. The average Bonchev–Trinajstić information content (AvgIpc) is 2.53. The van der Waals surface area contributed by atoms with Crippen molar-refractivity contribution in [1.82, 2.24) is 0 Å². The molecule has 1 heteroatoms. The zero-order valence-electron chi connectivity index (χ0n) is 13.2. The number of methoxy groups -OCH3 is 1. The van der Waals surface area contributed by atoms with E-state index in [0.717, 1.165) is 5.75 Å². The summed E-state index contributed by atoms with van der Waals surface area (Å²) in [7, 11) is 1.66. The first-order valence-corrected chi connectivity index (χ1v) is 6.93. The van der Waals surface area contributed by atoms with Crippen molar-refractivity contribution in [1.29, 1.82) is 0 Å². The number of para-hydroxylation sites is 1. The van der Waals surface area contributed by atoms with Crippen LogP contribution in [0.3, 0.4) is 0 Å². The van der Waals surface area contributed by atoms with Gasteiger partial charge in [0.1, 0.15) is 5.75 Å². The van der Waals surface area contributed by atoms with Crippen molar-refractivity contribution in [3.05, 3.63) is 66.2 Å². The molecule has 0 aromatic heterocycles. The molecule has 1 nitrogen and oxygen atoms in total. The smallest absolute Gasteiger partial charge is 0.118 e. The van der Waals surface area contributed by atoms with Gasteiger partial charge in [0.2, 0.25) is 0 Å². The number of rotatable bonds is 1. The van der Waals surface area contributed by atoms with Crippen LogP contribution >= 0.6 is 0 Å². The van der Waals surface area contributed by atoms with E-state index in [1.165, 1.54) is 5.56 Å². The molecule has 19 heavy (non-hydrogen) atoms. The van der Waals surface area contributed by atoms with E-state index in [0.29, 0.717) is 0 Å². The molecule has 0 N–H and O–H groups in total. The maximum atomic E-state index is 4.91. The molecule has 2 aromatic rings. The van der Waals surface area contributed by atoms with E-state index in [-0.39, 0.29) is 0 Å². The lowest BCUT2D eigenvalue weighted by atomic mass is 10.2. The molecule has 0 fully saturated rings. The largest absolute Gasteiger partial charge is 0.497 e. The average molecular weight is 260 g/mol. The molecule has 0 amide bonds. The predicted molar refractivity (Wildman–Crippen MR) is 86.9 cm³/mol. The Balaban J connectivity index is 0. The highest BCUT2D eigenvalue weighted by molar-refractivity contribution is 5.20. The summed E-state index contributed by atoms with van der Waals surface area (Å²) in [5, 5.41) is 0. The normalized spacial score (nSPS) is 7.47. The molecule has 0 saturated carbocycles. The van der Waals surface area contributed by atoms with E-state index in [2.05, 4.69) is 19.1 Å². The quantitative estimate of drug-likeness (QED) is 0.635. The molecule has 2 aromatic carbocycles. The molecule has 0 aliphatic rings. The van der Waals surface area contributed by atoms with Crippen LogP contribution in [-0.2, 0) is 0 Å². The van der Waals surface area contributed by atoms with Crippen molar-refractivity contribution >= 4 is 0 Å². The van der Waals surface area contributed by atoms with Crippen LogP contribution in [0, 0.1) is 6.92 Å². The number of benzene rings is 2. The van der Waals surface area contributed by atoms with Gasteiger partial charge < -0.3 is 4.74 Å². The highest BCUT2D eigenvalue weighted by Crippen LogP contribution is 2.05. The molecule has 0 radical (unpaired) electrons. The monoisotopic (exact) mass is 260 g/mol. The van der Waals surface area contributed by atoms with Crippen molar-refractivity contribution in [2.75, 3.05) is 7.11 Å². The van der Waals surface area contributed by atoms with Crippen LogP contribution in [0.25, 0.3) is 0 Å². The van der Waals surface area contributed by atoms with Gasteiger partial charge in [-0.25, -0.2) is 0 Å². The second kappa shape index (κ2) is 16.2. The zero-order valence-corrected chi connectivity index (χ0v) is 13.2. The van der Waals surface area contributed by atoms with Gasteiger partial charge >= 0.3 is 0 Å². The van der Waals surface area contributed by atoms with Gasteiger partial charge in [0, 0.05) is 0 Å². The second-order valence-electron chi connectivity index (χ2n) is 3.17. The molecule has 0 atom stereocenters. The molecular formula is C18H28O. The fraction of sp³-hybridized carbons (Fsp3) is 0.333. The van der Waals surface area contributed by atoms with Crippen LogP contribution in [0.4, 0.5) is 0 Å². The first-order chi connectivity index (χ1) is 9.33. The summed E-state index contributed by atoms with van der Waals surface area (Å²) in [6, 6.07) is 19.9. The summed E-state index contributed by atoms with van der Waals surface area (Å²) in [5.74, 6) is 0.910. The van der Waals surface area contributed by atoms with E-state index in [1.54, 1.807) is 7.11 Å². The number of aryl methyl sites for hydroxylation is 1. The van der Waals surface area contributed by atoms with Gasteiger partial charge in [-0.3, -0.25) is 0 Å². The molecule has 106 valence electrons. The first kappa shape index (κ1) is 19.6. The van der Waals surface area contributed by atoms with Gasteiger partial charge in [-0.2, -0.15) is 0 Å². The SMILES string of the molecule is CC.CC.COc1ccccc1.Cc1ccccc1. The lowest BCUT2D eigenvalue weighted by Gasteiger charge is -1.93. The van der Waals surface area contributed by atoms with E-state index < -0.39 is 0 Å². The third-order valence-corrected chi connectivity index (χ3v) is 1.92. The lowest BCUT2D eigenvalue weighted by Crippen LogP contribution is -1.78. The summed E-state index contributed by atoms with van der Waals surface area (Å²) in [5.41, 5.74) is 1.32. The lowest BCUT2D eigenvalue weighted by molar-refractivity contribution is 0.415. The second-order valence-corrected chi connectivity index (χ2v) is 3.17. The molecular weight excluding hydrogens is 232 g/mol. The Labute approximate surface area is 119 Å². The van der Waals surface area contributed by atoms with Gasteiger partial charge in [0.15, 0.2) is 0 Å². The molecule has 0 saturated heterocycles. The van der Waals surface area contributed by atoms with E-state index in [1.807, 2.05) is 76.2 Å². The van der Waals surface area contributed by atoms with Gasteiger partial charge in [-0.15, -0.1) is 0 Å². The summed E-state index contributed by atoms with van der Waals surface area (Å²) in [6.07, 6.45) is 0. The minimum atomic E-state index is 0.910. The first-order valence-electron chi connectivity index (χ1n) is 6.93. The van der Waals surface area contributed by atoms with Crippen LogP contribution in [0.1, 0.15) is 33.3 Å². The van der Waals surface area contributed by atoms with Crippen LogP contribution in [0.5, 0.6) is 5.75 Å². The summed E-state index contributed by atoms with van der Waals surface area (Å²) in [6.45, 7) is 10.1. The predicted octanol–water partition coefficient (Wildman–Crippen LogP) is 5.74. The van der Waals surface area contributed by atoms with E-state index in [4.69, 9.17) is 4.74 Å². The fourth-order valence-corrected chi connectivity index (χ4v) is 1.09. The fourth-order valence-electron chi connectivity index (χ4n) is 1.09. The molecule has 2 rings (SSSR count). The van der Waals surface area contributed by atoms with Crippen molar-refractivity contribution in [2.45, 2.75) is 34.6 Å². The van der Waals surface area contributed by atoms with Gasteiger partial charge in [0.25, 0.3) is 0 Å². The molecule has 0 bridgehead atoms. The summed E-state index contributed by atoms with van der Waals surface area (Å²) in [4.78, 5) is 0. The zero-order chi connectivity index (χ0) is 14.9.